The molecule has 3 aromatic rings. The van der Waals surface area contributed by atoms with E-state index < -0.39 is 5.91 Å². The van der Waals surface area contributed by atoms with Gasteiger partial charge in [-0.25, -0.2) is 9.82 Å². The summed E-state index contributed by atoms with van der Waals surface area (Å²) in [7, 11) is 1.50. The van der Waals surface area contributed by atoms with Crippen molar-refractivity contribution in [2.75, 3.05) is 13.7 Å². The summed E-state index contributed by atoms with van der Waals surface area (Å²) >= 11 is 0. The molecule has 0 unspecified atom stereocenters. The van der Waals surface area contributed by atoms with E-state index in [4.69, 9.17) is 13.9 Å². The summed E-state index contributed by atoms with van der Waals surface area (Å²) in [5.74, 6) is 0.974. The number of hydrogen-bond acceptors (Lipinski definition) is 5. The zero-order valence-electron chi connectivity index (χ0n) is 15.4. The van der Waals surface area contributed by atoms with Crippen molar-refractivity contribution in [3.8, 4) is 22.8 Å². The van der Waals surface area contributed by atoms with E-state index in [1.165, 1.54) is 19.4 Å². The van der Waals surface area contributed by atoms with Crippen molar-refractivity contribution in [3.63, 3.8) is 0 Å². The van der Waals surface area contributed by atoms with Gasteiger partial charge in [0.2, 0.25) is 0 Å². The standard InChI is InChI=1S/C21H19FN2O4/c1-3-27-19-10-8-14(12-20(19)26-2)21(25)24-23-13-15-9-11-18(28-15)16-6-4-5-7-17(16)22/h4-13H,3H2,1-2H3,(H,24,25)/b23-13-. The average molecular weight is 382 g/mol. The van der Waals surface area contributed by atoms with Crippen LogP contribution < -0.4 is 14.9 Å². The predicted octanol–water partition coefficient (Wildman–Crippen LogP) is 4.26. The maximum absolute atomic E-state index is 13.8. The lowest BCUT2D eigenvalue weighted by atomic mass is 10.1. The second kappa shape index (κ2) is 8.85. The highest BCUT2D eigenvalue weighted by atomic mass is 19.1. The van der Waals surface area contributed by atoms with Crippen LogP contribution in [0.4, 0.5) is 4.39 Å². The third-order valence-electron chi connectivity index (χ3n) is 3.85. The number of benzene rings is 2. The molecular weight excluding hydrogens is 363 g/mol. The number of halogens is 1. The number of rotatable bonds is 7. The van der Waals surface area contributed by atoms with Crippen LogP contribution in [0.15, 0.2) is 64.1 Å². The van der Waals surface area contributed by atoms with Crippen LogP contribution in [-0.2, 0) is 0 Å². The number of nitrogens with zero attached hydrogens (tertiary/aromatic N) is 1. The van der Waals surface area contributed by atoms with Crippen molar-refractivity contribution in [2.24, 2.45) is 5.10 Å². The topological polar surface area (TPSA) is 73.1 Å². The molecule has 1 aromatic heterocycles. The zero-order chi connectivity index (χ0) is 19.9. The van der Waals surface area contributed by atoms with E-state index in [1.54, 1.807) is 48.5 Å². The van der Waals surface area contributed by atoms with Crippen LogP contribution in [0.2, 0.25) is 0 Å². The minimum Gasteiger partial charge on any atom is -0.493 e. The number of ether oxygens (including phenoxy) is 2. The highest BCUT2D eigenvalue weighted by Gasteiger charge is 2.11. The van der Waals surface area contributed by atoms with Gasteiger partial charge in [-0.3, -0.25) is 4.79 Å². The fraction of sp³-hybridized carbons (Fsp3) is 0.143. The van der Waals surface area contributed by atoms with Crippen molar-refractivity contribution in [2.45, 2.75) is 6.92 Å². The Labute approximate surface area is 161 Å². The van der Waals surface area contributed by atoms with Crippen LogP contribution in [0.25, 0.3) is 11.3 Å². The lowest BCUT2D eigenvalue weighted by molar-refractivity contribution is 0.0954. The average Bonchev–Trinajstić information content (AvgIpc) is 3.17. The fourth-order valence-electron chi connectivity index (χ4n) is 2.53. The third-order valence-corrected chi connectivity index (χ3v) is 3.85. The van der Waals surface area contributed by atoms with Crippen molar-refractivity contribution >= 4 is 12.1 Å². The highest BCUT2D eigenvalue weighted by molar-refractivity contribution is 5.95. The molecule has 1 N–H and O–H groups in total. The molecular formula is C21H19FN2O4. The predicted molar refractivity (Wildman–Crippen MR) is 103 cm³/mol. The van der Waals surface area contributed by atoms with Crippen molar-refractivity contribution < 1.29 is 23.1 Å². The molecule has 0 radical (unpaired) electrons. The third kappa shape index (κ3) is 4.37. The second-order valence-corrected chi connectivity index (χ2v) is 5.68. The quantitative estimate of drug-likeness (QED) is 0.490. The Balaban J connectivity index is 1.66. The van der Waals surface area contributed by atoms with E-state index in [2.05, 4.69) is 10.5 Å². The summed E-state index contributed by atoms with van der Waals surface area (Å²) in [5.41, 5.74) is 3.13. The zero-order valence-corrected chi connectivity index (χ0v) is 15.4. The van der Waals surface area contributed by atoms with Gasteiger partial charge in [-0.1, -0.05) is 12.1 Å². The summed E-state index contributed by atoms with van der Waals surface area (Å²) in [6.07, 6.45) is 1.34. The maximum atomic E-state index is 13.8. The van der Waals surface area contributed by atoms with Crippen LogP contribution in [0.5, 0.6) is 11.5 Å². The Morgan fingerprint density at radius 2 is 2.00 bits per heavy atom. The van der Waals surface area contributed by atoms with Crippen LogP contribution in [-0.4, -0.2) is 25.8 Å². The van der Waals surface area contributed by atoms with Gasteiger partial charge < -0.3 is 13.9 Å². The largest absolute Gasteiger partial charge is 0.493 e. The van der Waals surface area contributed by atoms with Gasteiger partial charge in [-0.05, 0) is 49.4 Å². The first-order chi connectivity index (χ1) is 13.6. The molecule has 0 atom stereocenters. The molecule has 0 aliphatic rings. The Kier molecular flexibility index (Phi) is 6.06. The van der Waals surface area contributed by atoms with Gasteiger partial charge in [0.05, 0.1) is 25.5 Å². The first-order valence-corrected chi connectivity index (χ1v) is 8.61. The smallest absolute Gasteiger partial charge is 0.271 e. The molecule has 1 amide bonds. The molecule has 0 saturated carbocycles. The summed E-state index contributed by atoms with van der Waals surface area (Å²) in [5, 5.41) is 3.88. The van der Waals surface area contributed by atoms with Gasteiger partial charge in [-0.15, -0.1) is 0 Å². The van der Waals surface area contributed by atoms with Gasteiger partial charge >= 0.3 is 0 Å². The van der Waals surface area contributed by atoms with E-state index >= 15 is 0 Å². The molecule has 0 fully saturated rings. The molecule has 6 nitrogen and oxygen atoms in total. The van der Waals surface area contributed by atoms with Crippen LogP contribution in [0, 0.1) is 5.82 Å². The Morgan fingerprint density at radius 3 is 2.75 bits per heavy atom. The van der Waals surface area contributed by atoms with E-state index in [-0.39, 0.29) is 5.82 Å². The Morgan fingerprint density at radius 1 is 1.18 bits per heavy atom. The van der Waals surface area contributed by atoms with Gasteiger partial charge in [0, 0.05) is 5.56 Å². The molecule has 3 rings (SSSR count). The number of furan rings is 1. The fourth-order valence-corrected chi connectivity index (χ4v) is 2.53. The number of hydrazone groups is 1. The second-order valence-electron chi connectivity index (χ2n) is 5.68. The molecule has 7 heteroatoms. The number of carbonyl (C=O) groups excluding carboxylic acids is 1. The van der Waals surface area contributed by atoms with Gasteiger partial charge in [0.15, 0.2) is 11.5 Å². The van der Waals surface area contributed by atoms with Gasteiger partial charge in [0.25, 0.3) is 5.91 Å². The Hall–Kier alpha value is -3.61. The van der Waals surface area contributed by atoms with E-state index in [1.807, 2.05) is 6.92 Å². The van der Waals surface area contributed by atoms with E-state index in [0.29, 0.717) is 40.8 Å². The molecule has 0 spiro atoms. The molecule has 2 aromatic carbocycles. The minimum atomic E-state index is -0.418. The summed E-state index contributed by atoms with van der Waals surface area (Å²) in [6, 6.07) is 14.4. The summed E-state index contributed by atoms with van der Waals surface area (Å²) < 4.78 is 30.0. The minimum absolute atomic E-state index is 0.354. The van der Waals surface area contributed by atoms with Crippen LogP contribution in [0.1, 0.15) is 23.0 Å². The molecule has 1 heterocycles. The van der Waals surface area contributed by atoms with Gasteiger partial charge in [0.1, 0.15) is 17.3 Å². The summed E-state index contributed by atoms with van der Waals surface area (Å²) in [6.45, 7) is 2.35. The number of amides is 1. The van der Waals surface area contributed by atoms with Crippen molar-refractivity contribution in [1.29, 1.82) is 0 Å². The van der Waals surface area contributed by atoms with Crippen molar-refractivity contribution in [3.05, 3.63) is 71.7 Å². The lowest BCUT2D eigenvalue weighted by Gasteiger charge is -2.10. The number of hydrogen-bond donors (Lipinski definition) is 1. The Bertz CT molecular complexity index is 998. The number of methoxy groups -OCH3 is 1. The summed E-state index contributed by atoms with van der Waals surface area (Å²) in [4.78, 5) is 12.2. The van der Waals surface area contributed by atoms with Crippen LogP contribution >= 0.6 is 0 Å². The van der Waals surface area contributed by atoms with Crippen LogP contribution in [0.3, 0.4) is 0 Å². The number of carbonyl (C=O) groups is 1. The molecule has 0 aliphatic carbocycles. The first kappa shape index (κ1) is 19.2. The lowest BCUT2D eigenvalue weighted by Crippen LogP contribution is -2.17. The molecule has 0 bridgehead atoms. The van der Waals surface area contributed by atoms with Gasteiger partial charge in [-0.2, -0.15) is 5.10 Å². The van der Waals surface area contributed by atoms with E-state index in [0.717, 1.165) is 0 Å². The van der Waals surface area contributed by atoms with E-state index in [9.17, 15) is 9.18 Å². The molecule has 144 valence electrons. The number of nitrogens with one attached hydrogen (secondary N) is 1. The maximum Gasteiger partial charge on any atom is 0.271 e. The first-order valence-electron chi connectivity index (χ1n) is 8.61. The molecule has 0 aliphatic heterocycles. The normalized spacial score (nSPS) is 10.8. The SMILES string of the molecule is CCOc1ccc(C(=O)N/N=C\c2ccc(-c3ccccc3F)o2)cc1OC. The molecule has 0 saturated heterocycles. The van der Waals surface area contributed by atoms with Crippen molar-refractivity contribution in [1.82, 2.24) is 5.43 Å². The highest BCUT2D eigenvalue weighted by Crippen LogP contribution is 2.28. The monoisotopic (exact) mass is 382 g/mol. The molecule has 28 heavy (non-hydrogen) atoms.